The van der Waals surface area contributed by atoms with Gasteiger partial charge in [-0.1, -0.05) is 12.1 Å². The lowest BCUT2D eigenvalue weighted by atomic mass is 9.78. The van der Waals surface area contributed by atoms with Gasteiger partial charge in [0.05, 0.1) is 11.8 Å². The molecule has 1 amide bonds. The van der Waals surface area contributed by atoms with Crippen LogP contribution in [-0.4, -0.2) is 22.8 Å². The highest BCUT2D eigenvalue weighted by atomic mass is 16.4. The molecular weight excluding hydrogens is 282 g/mol. The van der Waals surface area contributed by atoms with Gasteiger partial charge in [0.25, 0.3) is 0 Å². The van der Waals surface area contributed by atoms with Gasteiger partial charge in [0.15, 0.2) is 5.78 Å². The molecule has 0 heterocycles. The minimum atomic E-state index is -0.871. The molecule has 0 aliphatic heterocycles. The normalized spacial score (nSPS) is 29.3. The molecule has 2 aliphatic rings. The van der Waals surface area contributed by atoms with Gasteiger partial charge >= 0.3 is 5.97 Å². The number of hydrogen-bond donors (Lipinski definition) is 2. The average molecular weight is 301 g/mol. The molecule has 5 heteroatoms. The van der Waals surface area contributed by atoms with Crippen LogP contribution in [0, 0.1) is 23.7 Å². The molecule has 3 rings (SSSR count). The third kappa shape index (κ3) is 2.51. The third-order valence-corrected chi connectivity index (χ3v) is 5.04. The Morgan fingerprint density at radius 2 is 1.82 bits per heavy atom. The van der Waals surface area contributed by atoms with E-state index in [-0.39, 0.29) is 23.5 Å². The van der Waals surface area contributed by atoms with Crippen LogP contribution in [0.4, 0.5) is 5.69 Å². The SMILES string of the molecule is CC(=O)c1cccc(NC(=O)[C@@H]2[C@H]3CC[C@@H](C3)[C@H]2C(=O)O)c1. The quantitative estimate of drug-likeness (QED) is 0.837. The molecule has 0 spiro atoms. The lowest BCUT2D eigenvalue weighted by Crippen LogP contribution is -2.37. The van der Waals surface area contributed by atoms with Crippen LogP contribution >= 0.6 is 0 Å². The van der Waals surface area contributed by atoms with E-state index in [4.69, 9.17) is 0 Å². The number of anilines is 1. The van der Waals surface area contributed by atoms with Crippen molar-refractivity contribution in [2.45, 2.75) is 26.2 Å². The number of Topliss-reactive ketones (excluding diaryl/α,β-unsaturated/α-hetero) is 1. The van der Waals surface area contributed by atoms with Crippen LogP contribution in [0.3, 0.4) is 0 Å². The first-order chi connectivity index (χ1) is 10.5. The van der Waals surface area contributed by atoms with Gasteiger partial charge in [-0.25, -0.2) is 0 Å². The van der Waals surface area contributed by atoms with Crippen LogP contribution in [0.25, 0.3) is 0 Å². The monoisotopic (exact) mass is 301 g/mol. The van der Waals surface area contributed by atoms with Gasteiger partial charge in [-0.15, -0.1) is 0 Å². The van der Waals surface area contributed by atoms with Crippen molar-refractivity contribution in [3.05, 3.63) is 29.8 Å². The Hall–Kier alpha value is -2.17. The van der Waals surface area contributed by atoms with Crippen LogP contribution in [-0.2, 0) is 9.59 Å². The minimum absolute atomic E-state index is 0.0700. The first-order valence-electron chi connectivity index (χ1n) is 7.62. The fourth-order valence-electron chi connectivity index (χ4n) is 4.07. The highest BCUT2D eigenvalue weighted by molar-refractivity contribution is 5.98. The number of carbonyl (C=O) groups excluding carboxylic acids is 2. The lowest BCUT2D eigenvalue weighted by Gasteiger charge is -2.27. The predicted octanol–water partition coefficient (Wildman–Crippen LogP) is 2.57. The van der Waals surface area contributed by atoms with Gasteiger partial charge in [-0.2, -0.15) is 0 Å². The molecule has 1 aromatic carbocycles. The summed E-state index contributed by atoms with van der Waals surface area (Å²) in [4.78, 5) is 35.4. The number of amides is 1. The molecule has 2 fully saturated rings. The largest absolute Gasteiger partial charge is 0.481 e. The number of ketones is 1. The summed E-state index contributed by atoms with van der Waals surface area (Å²) in [6, 6.07) is 6.74. The Bertz CT molecular complexity index is 639. The van der Waals surface area contributed by atoms with Gasteiger partial charge in [0.1, 0.15) is 0 Å². The smallest absolute Gasteiger partial charge is 0.307 e. The average Bonchev–Trinajstić information content (AvgIpc) is 3.07. The Kier molecular flexibility index (Phi) is 3.72. The first kappa shape index (κ1) is 14.8. The van der Waals surface area contributed by atoms with Crippen molar-refractivity contribution in [1.82, 2.24) is 0 Å². The number of carboxylic acids is 1. The van der Waals surface area contributed by atoms with Crippen molar-refractivity contribution in [3.8, 4) is 0 Å². The highest BCUT2D eigenvalue weighted by Gasteiger charge is 2.53. The molecular formula is C17H19NO4. The number of nitrogens with one attached hydrogen (secondary N) is 1. The van der Waals surface area contributed by atoms with Crippen molar-refractivity contribution in [2.75, 3.05) is 5.32 Å². The maximum atomic E-state index is 12.5. The Morgan fingerprint density at radius 1 is 1.14 bits per heavy atom. The molecule has 1 aromatic rings. The zero-order valence-electron chi connectivity index (χ0n) is 12.4. The van der Waals surface area contributed by atoms with Crippen molar-refractivity contribution in [2.24, 2.45) is 23.7 Å². The van der Waals surface area contributed by atoms with Gasteiger partial charge < -0.3 is 10.4 Å². The molecule has 0 aromatic heterocycles. The molecule has 22 heavy (non-hydrogen) atoms. The third-order valence-electron chi connectivity index (χ3n) is 5.04. The van der Waals surface area contributed by atoms with E-state index in [0.29, 0.717) is 11.3 Å². The summed E-state index contributed by atoms with van der Waals surface area (Å²) in [5, 5.41) is 12.2. The molecule has 0 radical (unpaired) electrons. The van der Waals surface area contributed by atoms with Crippen LogP contribution in [0.15, 0.2) is 24.3 Å². The molecule has 2 saturated carbocycles. The van der Waals surface area contributed by atoms with Gasteiger partial charge in [-0.05, 0) is 50.2 Å². The summed E-state index contributed by atoms with van der Waals surface area (Å²) in [5.74, 6) is -1.92. The molecule has 0 unspecified atom stereocenters. The van der Waals surface area contributed by atoms with Crippen molar-refractivity contribution >= 4 is 23.3 Å². The molecule has 2 N–H and O–H groups in total. The number of carboxylic acid groups (broad SMARTS) is 1. The second kappa shape index (κ2) is 5.55. The molecule has 4 atom stereocenters. The minimum Gasteiger partial charge on any atom is -0.481 e. The van der Waals surface area contributed by atoms with Crippen LogP contribution in [0.2, 0.25) is 0 Å². The van der Waals surface area contributed by atoms with E-state index in [1.165, 1.54) is 6.92 Å². The Morgan fingerprint density at radius 3 is 2.45 bits per heavy atom. The van der Waals surface area contributed by atoms with Gasteiger partial charge in [-0.3, -0.25) is 14.4 Å². The van der Waals surface area contributed by atoms with E-state index in [1.807, 2.05) is 0 Å². The number of aliphatic carboxylic acids is 1. The summed E-state index contributed by atoms with van der Waals surface area (Å²) in [6.45, 7) is 1.47. The molecule has 5 nitrogen and oxygen atoms in total. The molecule has 2 aliphatic carbocycles. The van der Waals surface area contributed by atoms with E-state index < -0.39 is 17.8 Å². The Labute approximate surface area is 128 Å². The topological polar surface area (TPSA) is 83.5 Å². The first-order valence-corrected chi connectivity index (χ1v) is 7.62. The number of fused-ring (bicyclic) bond motifs is 2. The summed E-state index contributed by atoms with van der Waals surface area (Å²) >= 11 is 0. The number of carbonyl (C=O) groups is 3. The zero-order valence-corrected chi connectivity index (χ0v) is 12.4. The fourth-order valence-corrected chi connectivity index (χ4v) is 4.07. The zero-order chi connectivity index (χ0) is 15.9. The molecule has 0 saturated heterocycles. The summed E-state index contributed by atoms with van der Waals surface area (Å²) < 4.78 is 0. The lowest BCUT2D eigenvalue weighted by molar-refractivity contribution is -0.148. The van der Waals surface area contributed by atoms with Crippen LogP contribution in [0.5, 0.6) is 0 Å². The second-order valence-corrected chi connectivity index (χ2v) is 6.35. The van der Waals surface area contributed by atoms with E-state index in [0.717, 1.165) is 19.3 Å². The van der Waals surface area contributed by atoms with Crippen LogP contribution < -0.4 is 5.32 Å². The predicted molar refractivity (Wildman–Crippen MR) is 80.5 cm³/mol. The standard InChI is InChI=1S/C17H19NO4/c1-9(19)10-3-2-4-13(8-10)18-16(20)14-11-5-6-12(7-11)15(14)17(21)22/h2-4,8,11-12,14-15H,5-7H2,1H3,(H,18,20)(H,21,22)/t11-,12-,14+,15+/m0/s1. The van der Waals surface area contributed by atoms with E-state index in [2.05, 4.69) is 5.32 Å². The van der Waals surface area contributed by atoms with E-state index >= 15 is 0 Å². The summed E-state index contributed by atoms with van der Waals surface area (Å²) in [5.41, 5.74) is 1.07. The van der Waals surface area contributed by atoms with Crippen molar-refractivity contribution in [3.63, 3.8) is 0 Å². The van der Waals surface area contributed by atoms with Crippen LogP contribution in [0.1, 0.15) is 36.5 Å². The van der Waals surface area contributed by atoms with E-state index in [1.54, 1.807) is 24.3 Å². The van der Waals surface area contributed by atoms with Crippen molar-refractivity contribution < 1.29 is 19.5 Å². The van der Waals surface area contributed by atoms with Gasteiger partial charge in [0, 0.05) is 11.3 Å². The number of benzene rings is 1. The maximum absolute atomic E-state index is 12.5. The van der Waals surface area contributed by atoms with Gasteiger partial charge in [0.2, 0.25) is 5.91 Å². The second-order valence-electron chi connectivity index (χ2n) is 6.35. The van der Waals surface area contributed by atoms with E-state index in [9.17, 15) is 19.5 Å². The summed E-state index contributed by atoms with van der Waals surface area (Å²) in [7, 11) is 0. The molecule has 116 valence electrons. The fraction of sp³-hybridized carbons (Fsp3) is 0.471. The highest BCUT2D eigenvalue weighted by Crippen LogP contribution is 2.52. The van der Waals surface area contributed by atoms with Crippen molar-refractivity contribution in [1.29, 1.82) is 0 Å². The number of hydrogen-bond acceptors (Lipinski definition) is 3. The maximum Gasteiger partial charge on any atom is 0.307 e. The number of rotatable bonds is 4. The Balaban J connectivity index is 1.78. The molecule has 2 bridgehead atoms. The summed E-state index contributed by atoms with van der Waals surface area (Å²) in [6.07, 6.45) is 2.67.